The first-order valence-corrected chi connectivity index (χ1v) is 25.8. The molecule has 0 saturated carbocycles. The first kappa shape index (κ1) is 41.7. The van der Waals surface area contributed by atoms with Gasteiger partial charge in [0, 0.05) is 37.2 Å². The summed E-state index contributed by atoms with van der Waals surface area (Å²) in [7, 11) is 0. The Morgan fingerprint density at radius 2 is 0.944 bits per heavy atom. The molecule has 0 fully saturated rings. The normalized spacial score (nSPS) is 17.2. The lowest BCUT2D eigenvalue weighted by Gasteiger charge is -2.38. The van der Waals surface area contributed by atoms with E-state index in [1.807, 2.05) is 11.3 Å². The summed E-state index contributed by atoms with van der Waals surface area (Å²) in [6.07, 6.45) is 5.80. The molecule has 2 atom stereocenters. The highest BCUT2D eigenvalue weighted by molar-refractivity contribution is 7.26. The van der Waals surface area contributed by atoms with Gasteiger partial charge in [0.05, 0.1) is 10.8 Å². The van der Waals surface area contributed by atoms with Crippen LogP contribution in [0.1, 0.15) is 57.9 Å². The van der Waals surface area contributed by atoms with E-state index in [-0.39, 0.29) is 0 Å². The molecule has 2 heteroatoms. The molecule has 1 aromatic heterocycles. The van der Waals surface area contributed by atoms with E-state index in [1.165, 1.54) is 98.1 Å². The van der Waals surface area contributed by atoms with Gasteiger partial charge in [-0.25, -0.2) is 0 Å². The van der Waals surface area contributed by atoms with Crippen LogP contribution in [0.15, 0.2) is 266 Å². The van der Waals surface area contributed by atoms with E-state index in [1.54, 1.807) is 0 Å². The number of hydrogen-bond acceptors (Lipinski definition) is 2. The van der Waals surface area contributed by atoms with Crippen LogP contribution in [-0.2, 0) is 10.8 Å². The second-order valence-electron chi connectivity index (χ2n) is 19.6. The molecule has 2 unspecified atom stereocenters. The smallest absolute Gasteiger partial charge is 0.0714 e. The third-order valence-electron chi connectivity index (χ3n) is 15.8. The standard InChI is InChI=1S/C69H49NS/c1-46-35-41-58-56-27-11-15-33-63(56)69(64(58)43-46,50-24-9-4-10-25-50)51-36-38-52(39-37-51)70(53-26-17-19-47(44-53)55-30-18-31-61-60-29-13-16-34-66(60)71-67(55)61)54-40-42-59-57-28-12-14-32-62(57)68(65(59)45-54,48-20-5-2-6-21-48)49-22-7-3-8-23-49/h2-42,44-46H,43H2,1H3. The van der Waals surface area contributed by atoms with Crippen LogP contribution in [0.4, 0.5) is 17.1 Å². The van der Waals surface area contributed by atoms with Gasteiger partial charge in [-0.3, -0.25) is 0 Å². The number of thiophene rings is 1. The van der Waals surface area contributed by atoms with Crippen molar-refractivity contribution >= 4 is 54.1 Å². The molecular weight excluding hydrogens is 875 g/mol. The van der Waals surface area contributed by atoms with Crippen molar-refractivity contribution in [2.45, 2.75) is 24.2 Å². The van der Waals surface area contributed by atoms with Gasteiger partial charge in [-0.1, -0.05) is 225 Å². The highest BCUT2D eigenvalue weighted by Gasteiger charge is 2.49. The third kappa shape index (κ3) is 6.18. The Kier molecular flexibility index (Phi) is 9.63. The van der Waals surface area contributed by atoms with E-state index in [2.05, 4.69) is 273 Å². The molecule has 3 aliphatic carbocycles. The lowest BCUT2D eigenvalue weighted by Crippen LogP contribution is -2.31. The van der Waals surface area contributed by atoms with Crippen LogP contribution in [0.5, 0.6) is 0 Å². The Bertz CT molecular complexity index is 3880. The molecule has 11 aromatic rings. The van der Waals surface area contributed by atoms with E-state index in [4.69, 9.17) is 0 Å². The van der Waals surface area contributed by atoms with E-state index < -0.39 is 10.8 Å². The Balaban J connectivity index is 1.000. The summed E-state index contributed by atoms with van der Waals surface area (Å²) >= 11 is 1.89. The van der Waals surface area contributed by atoms with Crippen molar-refractivity contribution in [2.24, 2.45) is 5.92 Å². The number of nitrogens with zero attached hydrogens (tertiary/aromatic N) is 1. The summed E-state index contributed by atoms with van der Waals surface area (Å²) in [4.78, 5) is 2.50. The minimum atomic E-state index is -0.534. The van der Waals surface area contributed by atoms with Crippen LogP contribution in [0, 0.1) is 5.92 Å². The van der Waals surface area contributed by atoms with Gasteiger partial charge >= 0.3 is 0 Å². The van der Waals surface area contributed by atoms with Crippen LogP contribution in [0.3, 0.4) is 0 Å². The van der Waals surface area contributed by atoms with Gasteiger partial charge in [-0.05, 0) is 133 Å². The number of anilines is 3. The number of hydrogen-bond donors (Lipinski definition) is 0. The van der Waals surface area contributed by atoms with Crippen molar-refractivity contribution in [3.05, 3.63) is 311 Å². The van der Waals surface area contributed by atoms with Crippen molar-refractivity contribution in [3.63, 3.8) is 0 Å². The number of rotatable bonds is 8. The van der Waals surface area contributed by atoms with E-state index in [0.29, 0.717) is 5.92 Å². The van der Waals surface area contributed by atoms with Crippen LogP contribution in [0.2, 0.25) is 0 Å². The highest BCUT2D eigenvalue weighted by Crippen LogP contribution is 2.60. The van der Waals surface area contributed by atoms with Crippen molar-refractivity contribution in [2.75, 3.05) is 4.90 Å². The number of allylic oxidation sites excluding steroid dienone is 4. The SMILES string of the molecule is CC1C=CC2=C(C1)C(c1ccccc1)(c1ccc(N(c3cccc(-c4cccc5c4sc4ccccc45)c3)c3ccc4c(c3)C(c3ccccc3)(c3ccccc3)c3ccccc3-4)cc1)c1ccccc12. The summed E-state index contributed by atoms with van der Waals surface area (Å²) in [6.45, 7) is 2.36. The van der Waals surface area contributed by atoms with Gasteiger partial charge in [-0.2, -0.15) is 0 Å². The average molecular weight is 924 g/mol. The summed E-state index contributed by atoms with van der Waals surface area (Å²) < 4.78 is 2.63. The second kappa shape index (κ2) is 16.4. The maximum Gasteiger partial charge on any atom is 0.0714 e. The summed E-state index contributed by atoms with van der Waals surface area (Å²) in [5.74, 6) is 0.441. The van der Waals surface area contributed by atoms with E-state index >= 15 is 0 Å². The Hall–Kier alpha value is -8.30. The van der Waals surface area contributed by atoms with Crippen LogP contribution >= 0.6 is 11.3 Å². The second-order valence-corrected chi connectivity index (χ2v) is 20.6. The monoisotopic (exact) mass is 923 g/mol. The molecule has 1 nitrogen and oxygen atoms in total. The lowest BCUT2D eigenvalue weighted by atomic mass is 9.65. The van der Waals surface area contributed by atoms with Crippen LogP contribution in [0.25, 0.3) is 48.0 Å². The molecule has 3 aliphatic rings. The fourth-order valence-corrected chi connectivity index (χ4v) is 14.1. The van der Waals surface area contributed by atoms with E-state index in [9.17, 15) is 0 Å². The average Bonchev–Trinajstić information content (AvgIpc) is 4.07. The predicted octanol–water partition coefficient (Wildman–Crippen LogP) is 18.3. The molecule has 71 heavy (non-hydrogen) atoms. The van der Waals surface area contributed by atoms with Gasteiger partial charge in [0.15, 0.2) is 0 Å². The number of fused-ring (bicyclic) bond motifs is 8. The first-order chi connectivity index (χ1) is 35.1. The number of benzene rings is 10. The van der Waals surface area contributed by atoms with Crippen molar-refractivity contribution < 1.29 is 0 Å². The fourth-order valence-electron chi connectivity index (χ4n) is 12.9. The minimum absolute atomic E-state index is 0.428. The Morgan fingerprint density at radius 1 is 0.408 bits per heavy atom. The predicted molar refractivity (Wildman–Crippen MR) is 299 cm³/mol. The van der Waals surface area contributed by atoms with Gasteiger partial charge in [0.2, 0.25) is 0 Å². The fraction of sp³-hybridized carbons (Fsp3) is 0.0725. The van der Waals surface area contributed by atoms with Crippen LogP contribution < -0.4 is 4.90 Å². The quantitative estimate of drug-likeness (QED) is 0.147. The lowest BCUT2D eigenvalue weighted by molar-refractivity contribution is 0.622. The molecule has 0 N–H and O–H groups in total. The zero-order chi connectivity index (χ0) is 47.1. The Labute approximate surface area is 420 Å². The minimum Gasteiger partial charge on any atom is -0.310 e. The largest absolute Gasteiger partial charge is 0.310 e. The summed E-state index contributed by atoms with van der Waals surface area (Å²) in [5.41, 5.74) is 20.6. The molecule has 0 spiro atoms. The van der Waals surface area contributed by atoms with Crippen molar-refractivity contribution in [1.82, 2.24) is 0 Å². The molecule has 14 rings (SSSR count). The molecule has 1 heterocycles. The summed E-state index contributed by atoms with van der Waals surface area (Å²) in [6, 6.07) is 93.3. The molecule has 0 amide bonds. The van der Waals surface area contributed by atoms with E-state index in [0.717, 1.165) is 23.5 Å². The molecule has 10 aromatic carbocycles. The molecule has 0 aliphatic heterocycles. The van der Waals surface area contributed by atoms with Crippen molar-refractivity contribution in [3.8, 4) is 22.3 Å². The first-order valence-electron chi connectivity index (χ1n) is 25.0. The van der Waals surface area contributed by atoms with Crippen LogP contribution in [-0.4, -0.2) is 0 Å². The maximum absolute atomic E-state index is 2.50. The Morgan fingerprint density at radius 3 is 1.68 bits per heavy atom. The molecular formula is C69H49NS. The zero-order valence-corrected chi connectivity index (χ0v) is 40.3. The van der Waals surface area contributed by atoms with Gasteiger partial charge < -0.3 is 4.90 Å². The topological polar surface area (TPSA) is 3.24 Å². The van der Waals surface area contributed by atoms with Gasteiger partial charge in [-0.15, -0.1) is 11.3 Å². The molecule has 0 bridgehead atoms. The molecule has 336 valence electrons. The highest BCUT2D eigenvalue weighted by atomic mass is 32.1. The summed E-state index contributed by atoms with van der Waals surface area (Å²) in [5, 5.41) is 2.62. The third-order valence-corrected chi connectivity index (χ3v) is 17.0. The van der Waals surface area contributed by atoms with Gasteiger partial charge in [0.1, 0.15) is 0 Å². The molecule has 0 radical (unpaired) electrons. The maximum atomic E-state index is 2.50. The van der Waals surface area contributed by atoms with Crippen molar-refractivity contribution in [1.29, 1.82) is 0 Å². The molecule has 0 saturated heterocycles. The zero-order valence-electron chi connectivity index (χ0n) is 39.5. The van der Waals surface area contributed by atoms with Gasteiger partial charge in [0.25, 0.3) is 0 Å².